The smallest absolute Gasteiger partial charge is 0.327 e. The Balaban J connectivity index is 1.64. The molecule has 1 atom stereocenters. The van der Waals surface area contributed by atoms with Gasteiger partial charge in [-0.3, -0.25) is 13.9 Å². The Morgan fingerprint density at radius 1 is 0.967 bits per heavy atom. The number of amides is 1. The second kappa shape index (κ2) is 7.46. The highest BCUT2D eigenvalue weighted by Crippen LogP contribution is 2.41. The van der Waals surface area contributed by atoms with E-state index in [0.717, 1.165) is 9.69 Å². The Kier molecular flexibility index (Phi) is 4.95. The van der Waals surface area contributed by atoms with Crippen LogP contribution in [0.3, 0.4) is 0 Å². The van der Waals surface area contributed by atoms with Gasteiger partial charge in [-0.1, -0.05) is 54.6 Å². The van der Waals surface area contributed by atoms with Gasteiger partial charge in [-0.25, -0.2) is 8.42 Å². The van der Waals surface area contributed by atoms with Gasteiger partial charge >= 0.3 is 5.97 Å². The summed E-state index contributed by atoms with van der Waals surface area (Å²) in [5, 5.41) is 1.35. The third kappa shape index (κ3) is 3.29. The van der Waals surface area contributed by atoms with E-state index in [-0.39, 0.29) is 4.90 Å². The molecule has 1 unspecified atom stereocenters. The molecule has 0 aromatic heterocycles. The van der Waals surface area contributed by atoms with Crippen LogP contribution in [0.25, 0.3) is 10.8 Å². The van der Waals surface area contributed by atoms with Crippen molar-refractivity contribution in [3.8, 4) is 0 Å². The van der Waals surface area contributed by atoms with Gasteiger partial charge in [0.2, 0.25) is 6.10 Å². The molecule has 0 saturated carbocycles. The van der Waals surface area contributed by atoms with Crippen molar-refractivity contribution in [3.05, 3.63) is 72.3 Å². The van der Waals surface area contributed by atoms with E-state index in [2.05, 4.69) is 0 Å². The number of anilines is 1. The molecule has 0 N–H and O–H groups in total. The Hall–Kier alpha value is -3.39. The van der Waals surface area contributed by atoms with E-state index < -0.39 is 34.5 Å². The van der Waals surface area contributed by atoms with Crippen LogP contribution in [0.4, 0.5) is 5.69 Å². The van der Waals surface area contributed by atoms with Crippen LogP contribution in [0.1, 0.15) is 11.7 Å². The molecule has 1 heterocycles. The third-order valence-electron chi connectivity index (χ3n) is 4.97. The van der Waals surface area contributed by atoms with Crippen LogP contribution < -0.4 is 4.31 Å². The summed E-state index contributed by atoms with van der Waals surface area (Å²) in [6, 6.07) is 18.9. The molecular weight excluding hydrogens is 404 g/mol. The number of sulfonamides is 1. The zero-order valence-electron chi connectivity index (χ0n) is 16.5. The van der Waals surface area contributed by atoms with Crippen LogP contribution >= 0.6 is 0 Å². The highest BCUT2D eigenvalue weighted by atomic mass is 32.2. The number of hydrogen-bond donors (Lipinski definition) is 0. The lowest BCUT2D eigenvalue weighted by Gasteiger charge is -2.23. The maximum Gasteiger partial charge on any atom is 0.327 e. The van der Waals surface area contributed by atoms with Gasteiger partial charge < -0.3 is 9.64 Å². The quantitative estimate of drug-likeness (QED) is 0.588. The van der Waals surface area contributed by atoms with Crippen molar-refractivity contribution in [1.82, 2.24) is 4.90 Å². The number of likely N-dealkylation sites (N-methyl/N-ethyl adjacent to an activating group) is 1. The predicted octanol–water partition coefficient (Wildman–Crippen LogP) is 2.72. The van der Waals surface area contributed by atoms with Crippen LogP contribution in [0.15, 0.2) is 71.6 Å². The van der Waals surface area contributed by atoms with Crippen LogP contribution in [0.2, 0.25) is 0 Å². The Morgan fingerprint density at radius 2 is 1.63 bits per heavy atom. The van der Waals surface area contributed by atoms with E-state index in [0.29, 0.717) is 16.6 Å². The van der Waals surface area contributed by atoms with Crippen molar-refractivity contribution in [2.24, 2.45) is 0 Å². The lowest BCUT2D eigenvalue weighted by atomic mass is 10.1. The molecule has 1 aliphatic rings. The van der Waals surface area contributed by atoms with Crippen molar-refractivity contribution >= 4 is 38.4 Å². The summed E-state index contributed by atoms with van der Waals surface area (Å²) in [6.45, 7) is -0.528. The number of carbonyl (C=O) groups is 2. The van der Waals surface area contributed by atoms with Crippen LogP contribution in [0.5, 0.6) is 0 Å². The van der Waals surface area contributed by atoms with Gasteiger partial charge in [0, 0.05) is 25.0 Å². The maximum atomic E-state index is 13.0. The molecule has 0 bridgehead atoms. The fourth-order valence-electron chi connectivity index (χ4n) is 3.54. The van der Waals surface area contributed by atoms with Crippen molar-refractivity contribution < 1.29 is 22.7 Å². The summed E-state index contributed by atoms with van der Waals surface area (Å²) in [4.78, 5) is 26.8. The second-order valence-electron chi connectivity index (χ2n) is 7.16. The first-order valence-electron chi connectivity index (χ1n) is 9.31. The standard InChI is InChI=1S/C22H20N2O5S/c1-23(2)22(26)21(16-8-4-3-5-9-16)29-19(25)14-24-17-12-6-10-15-11-7-13-18(20(15)17)30(24,27)28/h3-13,21H,14H2,1-2H3. The van der Waals surface area contributed by atoms with Crippen molar-refractivity contribution in [3.63, 3.8) is 0 Å². The average Bonchev–Trinajstić information content (AvgIpc) is 2.95. The van der Waals surface area contributed by atoms with Gasteiger partial charge in [-0.15, -0.1) is 0 Å². The third-order valence-corrected chi connectivity index (χ3v) is 6.77. The average molecular weight is 424 g/mol. The van der Waals surface area contributed by atoms with E-state index in [9.17, 15) is 18.0 Å². The topological polar surface area (TPSA) is 84.0 Å². The largest absolute Gasteiger partial charge is 0.446 e. The minimum atomic E-state index is -3.89. The molecule has 7 nitrogen and oxygen atoms in total. The Labute approximate surface area is 174 Å². The number of hydrogen-bond acceptors (Lipinski definition) is 5. The van der Waals surface area contributed by atoms with E-state index >= 15 is 0 Å². The van der Waals surface area contributed by atoms with E-state index in [1.165, 1.54) is 11.0 Å². The molecule has 0 fully saturated rings. The zero-order valence-corrected chi connectivity index (χ0v) is 17.3. The summed E-state index contributed by atoms with van der Waals surface area (Å²) in [5.41, 5.74) is 0.939. The van der Waals surface area contributed by atoms with Gasteiger partial charge in [-0.2, -0.15) is 0 Å². The Morgan fingerprint density at radius 3 is 2.30 bits per heavy atom. The molecule has 4 rings (SSSR count). The highest BCUT2D eigenvalue weighted by molar-refractivity contribution is 7.93. The van der Waals surface area contributed by atoms with Crippen LogP contribution in [0, 0.1) is 0 Å². The summed E-state index contributed by atoms with van der Waals surface area (Å²) in [7, 11) is -0.766. The SMILES string of the molecule is CN(C)C(=O)C(OC(=O)CN1c2cccc3cccc(c23)S1(=O)=O)c1ccccc1. The zero-order chi connectivity index (χ0) is 21.5. The molecule has 30 heavy (non-hydrogen) atoms. The normalized spacial score (nSPS) is 15.1. The van der Waals surface area contributed by atoms with Crippen LogP contribution in [-0.2, 0) is 24.3 Å². The molecular formula is C22H20N2O5S. The highest BCUT2D eigenvalue weighted by Gasteiger charge is 2.38. The molecule has 8 heteroatoms. The van der Waals surface area contributed by atoms with E-state index in [1.54, 1.807) is 62.6 Å². The van der Waals surface area contributed by atoms with Crippen molar-refractivity contribution in [2.75, 3.05) is 24.9 Å². The summed E-state index contributed by atoms with van der Waals surface area (Å²) in [6.07, 6.45) is -1.16. The number of benzene rings is 3. The molecule has 154 valence electrons. The predicted molar refractivity (Wildman–Crippen MR) is 112 cm³/mol. The van der Waals surface area contributed by atoms with E-state index in [4.69, 9.17) is 4.74 Å². The fraction of sp³-hybridized carbons (Fsp3) is 0.182. The molecule has 0 saturated heterocycles. The monoisotopic (exact) mass is 424 g/mol. The summed E-state index contributed by atoms with van der Waals surface area (Å²) >= 11 is 0. The van der Waals surface area contributed by atoms with Gasteiger partial charge in [0.15, 0.2) is 0 Å². The minimum absolute atomic E-state index is 0.160. The first kappa shape index (κ1) is 19.9. The summed E-state index contributed by atoms with van der Waals surface area (Å²) in [5.74, 6) is -1.23. The van der Waals surface area contributed by atoms with E-state index in [1.807, 2.05) is 12.1 Å². The van der Waals surface area contributed by atoms with Gasteiger partial charge in [-0.05, 0) is 17.5 Å². The van der Waals surface area contributed by atoms with Crippen molar-refractivity contribution in [1.29, 1.82) is 0 Å². The molecule has 0 spiro atoms. The molecule has 3 aromatic rings. The molecule has 0 aliphatic carbocycles. The lowest BCUT2D eigenvalue weighted by molar-refractivity contribution is -0.158. The molecule has 3 aromatic carbocycles. The first-order valence-corrected chi connectivity index (χ1v) is 10.7. The van der Waals surface area contributed by atoms with Gasteiger partial charge in [0.05, 0.1) is 10.6 Å². The number of esters is 1. The summed E-state index contributed by atoms with van der Waals surface area (Å²) < 4.78 is 32.6. The fourth-order valence-corrected chi connectivity index (χ4v) is 5.19. The molecule has 0 radical (unpaired) electrons. The minimum Gasteiger partial charge on any atom is -0.446 e. The molecule has 1 amide bonds. The Bertz CT molecular complexity index is 1230. The molecule has 1 aliphatic heterocycles. The second-order valence-corrected chi connectivity index (χ2v) is 8.99. The van der Waals surface area contributed by atoms with Gasteiger partial charge in [0.25, 0.3) is 15.9 Å². The number of rotatable bonds is 5. The van der Waals surface area contributed by atoms with Crippen molar-refractivity contribution in [2.45, 2.75) is 11.0 Å². The van der Waals surface area contributed by atoms with Crippen LogP contribution in [-0.4, -0.2) is 45.8 Å². The number of nitrogens with zero attached hydrogens (tertiary/aromatic N) is 2. The first-order chi connectivity index (χ1) is 14.3. The lowest BCUT2D eigenvalue weighted by Crippen LogP contribution is -2.37. The number of carbonyl (C=O) groups excluding carboxylic acids is 2. The maximum absolute atomic E-state index is 13.0. The number of ether oxygens (including phenoxy) is 1. The van der Waals surface area contributed by atoms with Gasteiger partial charge in [0.1, 0.15) is 6.54 Å².